The first-order valence-corrected chi connectivity index (χ1v) is 4.83. The van der Waals surface area contributed by atoms with Crippen LogP contribution >= 0.6 is 0 Å². The van der Waals surface area contributed by atoms with E-state index in [9.17, 15) is 0 Å². The summed E-state index contributed by atoms with van der Waals surface area (Å²) in [6.07, 6.45) is 6.83. The van der Waals surface area contributed by atoms with Crippen molar-refractivity contribution in [1.82, 2.24) is 0 Å². The number of hydrogen-bond acceptors (Lipinski definition) is 1. The summed E-state index contributed by atoms with van der Waals surface area (Å²) in [5, 5.41) is 0. The predicted octanol–water partition coefficient (Wildman–Crippen LogP) is 3.67. The van der Waals surface area contributed by atoms with E-state index in [0.29, 0.717) is 6.61 Å². The van der Waals surface area contributed by atoms with Gasteiger partial charge in [-0.15, -0.1) is 6.58 Å². The SMILES string of the molecule is C=CCCOc1ccc(C=CC)cc1. The highest BCUT2D eigenvalue weighted by Gasteiger charge is 1.91. The molecule has 1 rings (SSSR count). The highest BCUT2D eigenvalue weighted by Crippen LogP contribution is 2.13. The van der Waals surface area contributed by atoms with Crippen molar-refractivity contribution in [2.45, 2.75) is 13.3 Å². The first-order valence-electron chi connectivity index (χ1n) is 4.83. The molecule has 0 spiro atoms. The summed E-state index contributed by atoms with van der Waals surface area (Å²) in [5.74, 6) is 0.917. The second-order valence-electron chi connectivity index (χ2n) is 2.99. The maximum atomic E-state index is 5.48. The Morgan fingerprint density at radius 2 is 2.00 bits per heavy atom. The fourth-order valence-corrected chi connectivity index (χ4v) is 1.13. The van der Waals surface area contributed by atoms with Gasteiger partial charge in [-0.2, -0.15) is 0 Å². The van der Waals surface area contributed by atoms with Crippen LogP contribution in [-0.4, -0.2) is 6.61 Å². The Labute approximate surface area is 85.7 Å². The van der Waals surface area contributed by atoms with Crippen LogP contribution in [0.1, 0.15) is 18.9 Å². The van der Waals surface area contributed by atoms with Crippen molar-refractivity contribution in [2.24, 2.45) is 0 Å². The van der Waals surface area contributed by atoms with Gasteiger partial charge in [0, 0.05) is 0 Å². The molecule has 0 unspecified atom stereocenters. The fourth-order valence-electron chi connectivity index (χ4n) is 1.13. The van der Waals surface area contributed by atoms with Crippen molar-refractivity contribution in [2.75, 3.05) is 6.61 Å². The van der Waals surface area contributed by atoms with E-state index < -0.39 is 0 Å². The lowest BCUT2D eigenvalue weighted by atomic mass is 10.2. The number of ether oxygens (including phenoxy) is 1. The third-order valence-corrected chi connectivity index (χ3v) is 1.83. The van der Waals surface area contributed by atoms with Gasteiger partial charge >= 0.3 is 0 Å². The molecule has 0 N–H and O–H groups in total. The summed E-state index contributed by atoms with van der Waals surface area (Å²) in [7, 11) is 0. The van der Waals surface area contributed by atoms with Gasteiger partial charge in [0.15, 0.2) is 0 Å². The van der Waals surface area contributed by atoms with Gasteiger partial charge in [-0.25, -0.2) is 0 Å². The van der Waals surface area contributed by atoms with Crippen LogP contribution in [0, 0.1) is 0 Å². The number of rotatable bonds is 5. The second-order valence-corrected chi connectivity index (χ2v) is 2.99. The Hall–Kier alpha value is -1.50. The lowest BCUT2D eigenvalue weighted by Crippen LogP contribution is -1.94. The van der Waals surface area contributed by atoms with Crippen LogP contribution in [0.4, 0.5) is 0 Å². The third-order valence-electron chi connectivity index (χ3n) is 1.83. The van der Waals surface area contributed by atoms with Crippen LogP contribution in [0.3, 0.4) is 0 Å². The van der Waals surface area contributed by atoms with Crippen LogP contribution in [0.2, 0.25) is 0 Å². The molecule has 0 atom stereocenters. The zero-order valence-corrected chi connectivity index (χ0v) is 8.57. The molecule has 0 fully saturated rings. The van der Waals surface area contributed by atoms with Crippen LogP contribution in [-0.2, 0) is 0 Å². The largest absolute Gasteiger partial charge is 0.493 e. The van der Waals surface area contributed by atoms with Gasteiger partial charge in [-0.1, -0.05) is 30.4 Å². The van der Waals surface area contributed by atoms with Crippen LogP contribution in [0.15, 0.2) is 43.0 Å². The molecule has 0 radical (unpaired) electrons. The van der Waals surface area contributed by atoms with Gasteiger partial charge in [-0.3, -0.25) is 0 Å². The first kappa shape index (κ1) is 10.6. The number of allylic oxidation sites excluding steroid dienone is 1. The normalized spacial score (nSPS) is 10.4. The van der Waals surface area contributed by atoms with Gasteiger partial charge in [-0.05, 0) is 31.0 Å². The minimum absolute atomic E-state index is 0.701. The van der Waals surface area contributed by atoms with E-state index in [1.54, 1.807) is 0 Å². The summed E-state index contributed by atoms with van der Waals surface area (Å²) < 4.78 is 5.48. The summed E-state index contributed by atoms with van der Waals surface area (Å²) >= 11 is 0. The molecule has 0 bridgehead atoms. The Morgan fingerprint density at radius 1 is 1.29 bits per heavy atom. The van der Waals surface area contributed by atoms with E-state index in [1.165, 1.54) is 5.56 Å². The Morgan fingerprint density at radius 3 is 2.57 bits per heavy atom. The van der Waals surface area contributed by atoms with E-state index in [1.807, 2.05) is 43.3 Å². The maximum absolute atomic E-state index is 5.48. The number of hydrogen-bond donors (Lipinski definition) is 0. The summed E-state index contributed by atoms with van der Waals surface area (Å²) in [4.78, 5) is 0. The maximum Gasteiger partial charge on any atom is 0.119 e. The summed E-state index contributed by atoms with van der Waals surface area (Å²) in [6, 6.07) is 8.06. The Bertz CT molecular complexity index is 296. The zero-order chi connectivity index (χ0) is 10.2. The van der Waals surface area contributed by atoms with Gasteiger partial charge in [0.25, 0.3) is 0 Å². The minimum Gasteiger partial charge on any atom is -0.493 e. The monoisotopic (exact) mass is 188 g/mol. The molecule has 1 nitrogen and oxygen atoms in total. The van der Waals surface area contributed by atoms with Crippen LogP contribution < -0.4 is 4.74 Å². The molecule has 14 heavy (non-hydrogen) atoms. The first-order chi connectivity index (χ1) is 6.86. The molecule has 0 aliphatic rings. The van der Waals surface area contributed by atoms with E-state index in [4.69, 9.17) is 4.74 Å². The topological polar surface area (TPSA) is 9.23 Å². The van der Waals surface area contributed by atoms with Gasteiger partial charge in [0.05, 0.1) is 6.61 Å². The Balaban J connectivity index is 2.50. The molecule has 0 saturated carbocycles. The molecular formula is C13H16O. The number of benzene rings is 1. The van der Waals surface area contributed by atoms with Crippen LogP contribution in [0.5, 0.6) is 5.75 Å². The van der Waals surface area contributed by atoms with Crippen molar-refractivity contribution < 1.29 is 4.74 Å². The van der Waals surface area contributed by atoms with Crippen molar-refractivity contribution in [1.29, 1.82) is 0 Å². The van der Waals surface area contributed by atoms with E-state index in [0.717, 1.165) is 12.2 Å². The quantitative estimate of drug-likeness (QED) is 0.506. The lowest BCUT2D eigenvalue weighted by Gasteiger charge is -2.04. The second kappa shape index (κ2) is 6.03. The van der Waals surface area contributed by atoms with Gasteiger partial charge in [0.2, 0.25) is 0 Å². The average molecular weight is 188 g/mol. The van der Waals surface area contributed by atoms with Gasteiger partial charge < -0.3 is 4.74 Å². The molecule has 0 aliphatic carbocycles. The smallest absolute Gasteiger partial charge is 0.119 e. The molecule has 1 aromatic carbocycles. The zero-order valence-electron chi connectivity index (χ0n) is 8.57. The van der Waals surface area contributed by atoms with Crippen molar-refractivity contribution in [3.05, 3.63) is 48.6 Å². The molecule has 0 saturated heterocycles. The molecule has 0 amide bonds. The summed E-state index contributed by atoms with van der Waals surface area (Å²) in [5.41, 5.74) is 1.20. The standard InChI is InChI=1S/C13H16O/c1-3-5-11-14-13-9-7-12(6-4-2)8-10-13/h3-4,6-10H,1,5,11H2,2H3. The molecule has 0 aliphatic heterocycles. The molecular weight excluding hydrogens is 172 g/mol. The Kier molecular flexibility index (Phi) is 4.56. The van der Waals surface area contributed by atoms with E-state index in [2.05, 4.69) is 12.7 Å². The molecule has 1 heteroatoms. The summed E-state index contributed by atoms with van der Waals surface area (Å²) in [6.45, 7) is 6.35. The molecule has 74 valence electrons. The van der Waals surface area contributed by atoms with Crippen molar-refractivity contribution >= 4 is 6.08 Å². The molecule has 0 aromatic heterocycles. The highest BCUT2D eigenvalue weighted by atomic mass is 16.5. The van der Waals surface area contributed by atoms with Crippen molar-refractivity contribution in [3.8, 4) is 5.75 Å². The molecule has 1 aromatic rings. The van der Waals surface area contributed by atoms with Gasteiger partial charge in [0.1, 0.15) is 5.75 Å². The van der Waals surface area contributed by atoms with E-state index in [-0.39, 0.29) is 0 Å². The fraction of sp³-hybridized carbons (Fsp3) is 0.231. The minimum atomic E-state index is 0.701. The predicted molar refractivity (Wildman–Crippen MR) is 61.5 cm³/mol. The highest BCUT2D eigenvalue weighted by molar-refractivity contribution is 5.50. The van der Waals surface area contributed by atoms with E-state index >= 15 is 0 Å². The third kappa shape index (κ3) is 3.48. The molecule has 0 heterocycles. The average Bonchev–Trinajstić information content (AvgIpc) is 2.21. The lowest BCUT2D eigenvalue weighted by molar-refractivity contribution is 0.325. The van der Waals surface area contributed by atoms with Crippen LogP contribution in [0.25, 0.3) is 6.08 Å². The van der Waals surface area contributed by atoms with Crippen molar-refractivity contribution in [3.63, 3.8) is 0 Å².